The van der Waals surface area contributed by atoms with E-state index in [9.17, 15) is 4.79 Å². The summed E-state index contributed by atoms with van der Waals surface area (Å²) in [6, 6.07) is 3.43. The van der Waals surface area contributed by atoms with Crippen LogP contribution in [0.15, 0.2) is 18.3 Å². The standard InChI is InChI=1S/C12H17N3O2/c13-12(16)9-3-4-11(15-8-9)14-6-5-10-2-1-7-17-10/h3-4,8,10H,1-2,5-7H2,(H2,13,16)(H,14,15). The molecule has 0 bridgehead atoms. The van der Waals surface area contributed by atoms with Crippen LogP contribution < -0.4 is 11.1 Å². The molecule has 1 saturated heterocycles. The first-order chi connectivity index (χ1) is 8.25. The lowest BCUT2D eigenvalue weighted by molar-refractivity contribution is 0.1000. The van der Waals surface area contributed by atoms with Crippen molar-refractivity contribution in [1.29, 1.82) is 0 Å². The number of nitrogens with one attached hydrogen (secondary N) is 1. The summed E-state index contributed by atoms with van der Waals surface area (Å²) in [5.74, 6) is 0.302. The van der Waals surface area contributed by atoms with E-state index in [1.807, 2.05) is 0 Å². The van der Waals surface area contributed by atoms with Crippen LogP contribution in [0.4, 0.5) is 5.82 Å². The molecule has 1 amide bonds. The van der Waals surface area contributed by atoms with Crippen molar-refractivity contribution in [2.45, 2.75) is 25.4 Å². The van der Waals surface area contributed by atoms with Crippen LogP contribution in [0.3, 0.4) is 0 Å². The summed E-state index contributed by atoms with van der Waals surface area (Å²) in [5.41, 5.74) is 5.56. The number of hydrogen-bond acceptors (Lipinski definition) is 4. The number of aromatic nitrogens is 1. The van der Waals surface area contributed by atoms with Gasteiger partial charge in [-0.3, -0.25) is 4.79 Å². The van der Waals surface area contributed by atoms with Crippen LogP contribution >= 0.6 is 0 Å². The Balaban J connectivity index is 1.76. The predicted octanol–water partition coefficient (Wildman–Crippen LogP) is 1.16. The number of nitrogens with zero attached hydrogens (tertiary/aromatic N) is 1. The molecule has 0 aromatic carbocycles. The zero-order valence-electron chi connectivity index (χ0n) is 9.69. The molecular formula is C12H17N3O2. The van der Waals surface area contributed by atoms with Gasteiger partial charge in [0.1, 0.15) is 5.82 Å². The highest BCUT2D eigenvalue weighted by molar-refractivity contribution is 5.92. The lowest BCUT2D eigenvalue weighted by atomic mass is 10.2. The van der Waals surface area contributed by atoms with Crippen molar-refractivity contribution in [3.63, 3.8) is 0 Å². The maximum atomic E-state index is 10.8. The van der Waals surface area contributed by atoms with E-state index in [0.717, 1.165) is 38.2 Å². The first-order valence-electron chi connectivity index (χ1n) is 5.87. The van der Waals surface area contributed by atoms with Gasteiger partial charge in [-0.1, -0.05) is 0 Å². The summed E-state index contributed by atoms with van der Waals surface area (Å²) in [4.78, 5) is 15.0. The number of rotatable bonds is 5. The molecule has 17 heavy (non-hydrogen) atoms. The van der Waals surface area contributed by atoms with Crippen LogP contribution in [0.1, 0.15) is 29.6 Å². The smallest absolute Gasteiger partial charge is 0.250 e. The Morgan fingerprint density at radius 3 is 3.06 bits per heavy atom. The van der Waals surface area contributed by atoms with E-state index >= 15 is 0 Å². The number of carbonyl (C=O) groups excluding carboxylic acids is 1. The number of ether oxygens (including phenoxy) is 1. The normalized spacial score (nSPS) is 19.2. The molecule has 2 heterocycles. The summed E-state index contributed by atoms with van der Waals surface area (Å²) in [7, 11) is 0. The van der Waals surface area contributed by atoms with Gasteiger partial charge in [0.05, 0.1) is 11.7 Å². The highest BCUT2D eigenvalue weighted by Crippen LogP contribution is 2.15. The average Bonchev–Trinajstić information content (AvgIpc) is 2.83. The molecule has 1 fully saturated rings. The maximum absolute atomic E-state index is 10.8. The Bertz CT molecular complexity index is 372. The van der Waals surface area contributed by atoms with Crippen molar-refractivity contribution in [3.8, 4) is 0 Å². The maximum Gasteiger partial charge on any atom is 0.250 e. The summed E-state index contributed by atoms with van der Waals surface area (Å²) in [6.45, 7) is 1.71. The van der Waals surface area contributed by atoms with Crippen LogP contribution in [0.2, 0.25) is 0 Å². The number of hydrogen-bond donors (Lipinski definition) is 2. The minimum atomic E-state index is -0.455. The van der Waals surface area contributed by atoms with E-state index in [0.29, 0.717) is 11.7 Å². The Kier molecular flexibility index (Phi) is 3.93. The van der Waals surface area contributed by atoms with E-state index in [1.54, 1.807) is 12.1 Å². The quantitative estimate of drug-likeness (QED) is 0.803. The SMILES string of the molecule is NC(=O)c1ccc(NCCC2CCCO2)nc1. The Hall–Kier alpha value is -1.62. The molecule has 0 aliphatic carbocycles. The molecule has 5 heteroatoms. The van der Waals surface area contributed by atoms with Crippen LogP contribution in [0.25, 0.3) is 0 Å². The average molecular weight is 235 g/mol. The zero-order valence-corrected chi connectivity index (χ0v) is 9.69. The first-order valence-corrected chi connectivity index (χ1v) is 5.87. The van der Waals surface area contributed by atoms with Crippen molar-refractivity contribution < 1.29 is 9.53 Å². The van der Waals surface area contributed by atoms with Crippen molar-refractivity contribution in [3.05, 3.63) is 23.9 Å². The van der Waals surface area contributed by atoms with E-state index in [-0.39, 0.29) is 0 Å². The summed E-state index contributed by atoms with van der Waals surface area (Å²) < 4.78 is 5.52. The number of pyridine rings is 1. The molecule has 3 N–H and O–H groups in total. The Morgan fingerprint density at radius 1 is 1.59 bits per heavy atom. The topological polar surface area (TPSA) is 77.2 Å². The monoisotopic (exact) mass is 235 g/mol. The third-order valence-corrected chi connectivity index (χ3v) is 2.84. The lowest BCUT2D eigenvalue weighted by Crippen LogP contribution is -2.14. The van der Waals surface area contributed by atoms with Gasteiger partial charge in [-0.15, -0.1) is 0 Å². The molecule has 0 saturated carbocycles. The van der Waals surface area contributed by atoms with Gasteiger partial charge in [0.15, 0.2) is 0 Å². The first kappa shape index (κ1) is 11.9. The van der Waals surface area contributed by atoms with Crippen molar-refractivity contribution in [2.75, 3.05) is 18.5 Å². The lowest BCUT2D eigenvalue weighted by Gasteiger charge is -2.10. The zero-order chi connectivity index (χ0) is 12.1. The van der Waals surface area contributed by atoms with Crippen molar-refractivity contribution in [1.82, 2.24) is 4.98 Å². The number of anilines is 1. The van der Waals surface area contributed by atoms with Crippen LogP contribution in [-0.4, -0.2) is 30.1 Å². The van der Waals surface area contributed by atoms with Gasteiger partial charge in [-0.25, -0.2) is 4.98 Å². The molecule has 1 aromatic rings. The molecule has 92 valence electrons. The van der Waals surface area contributed by atoms with Gasteiger partial charge in [-0.2, -0.15) is 0 Å². The highest BCUT2D eigenvalue weighted by atomic mass is 16.5. The summed E-state index contributed by atoms with van der Waals surface area (Å²) >= 11 is 0. The van der Waals surface area contributed by atoms with E-state index in [1.165, 1.54) is 6.20 Å². The Morgan fingerprint density at radius 2 is 2.47 bits per heavy atom. The fourth-order valence-corrected chi connectivity index (χ4v) is 1.88. The molecule has 0 spiro atoms. The molecular weight excluding hydrogens is 218 g/mol. The van der Waals surface area contributed by atoms with Crippen LogP contribution in [0, 0.1) is 0 Å². The second kappa shape index (κ2) is 5.63. The minimum absolute atomic E-state index is 0.382. The summed E-state index contributed by atoms with van der Waals surface area (Å²) in [6.07, 6.45) is 5.16. The molecule has 1 aliphatic rings. The number of nitrogens with two attached hydrogens (primary N) is 1. The van der Waals surface area contributed by atoms with Gasteiger partial charge in [0.2, 0.25) is 5.91 Å². The van der Waals surface area contributed by atoms with Crippen molar-refractivity contribution in [2.24, 2.45) is 5.73 Å². The van der Waals surface area contributed by atoms with Gasteiger partial charge < -0.3 is 15.8 Å². The van der Waals surface area contributed by atoms with E-state index < -0.39 is 5.91 Å². The van der Waals surface area contributed by atoms with E-state index in [4.69, 9.17) is 10.5 Å². The molecule has 1 unspecified atom stereocenters. The van der Waals surface area contributed by atoms with E-state index in [2.05, 4.69) is 10.3 Å². The summed E-state index contributed by atoms with van der Waals surface area (Å²) in [5, 5.41) is 3.19. The second-order valence-corrected chi connectivity index (χ2v) is 4.15. The van der Waals surface area contributed by atoms with Gasteiger partial charge in [0, 0.05) is 19.3 Å². The predicted molar refractivity (Wildman–Crippen MR) is 64.8 cm³/mol. The highest BCUT2D eigenvalue weighted by Gasteiger charge is 2.14. The van der Waals surface area contributed by atoms with Gasteiger partial charge in [0.25, 0.3) is 0 Å². The molecule has 1 aromatic heterocycles. The largest absolute Gasteiger partial charge is 0.378 e. The van der Waals surface area contributed by atoms with Gasteiger partial charge in [-0.05, 0) is 31.4 Å². The molecule has 1 aliphatic heterocycles. The third kappa shape index (κ3) is 3.42. The molecule has 1 atom stereocenters. The number of primary amides is 1. The molecule has 5 nitrogen and oxygen atoms in total. The Labute approximate surface area is 100 Å². The number of carbonyl (C=O) groups is 1. The van der Waals surface area contributed by atoms with Crippen LogP contribution in [-0.2, 0) is 4.74 Å². The molecule has 2 rings (SSSR count). The van der Waals surface area contributed by atoms with Gasteiger partial charge >= 0.3 is 0 Å². The minimum Gasteiger partial charge on any atom is -0.378 e. The number of amides is 1. The molecule has 0 radical (unpaired) electrons. The second-order valence-electron chi connectivity index (χ2n) is 4.15. The fourth-order valence-electron chi connectivity index (χ4n) is 1.88. The fraction of sp³-hybridized carbons (Fsp3) is 0.500. The third-order valence-electron chi connectivity index (χ3n) is 2.84. The van der Waals surface area contributed by atoms with Crippen LogP contribution in [0.5, 0.6) is 0 Å². The van der Waals surface area contributed by atoms with Crippen molar-refractivity contribution >= 4 is 11.7 Å².